The lowest BCUT2D eigenvalue weighted by molar-refractivity contribution is -0.116. The minimum atomic E-state index is -0.0189. The summed E-state index contributed by atoms with van der Waals surface area (Å²) < 4.78 is 16.1. The van der Waals surface area contributed by atoms with E-state index >= 15 is 0 Å². The monoisotopic (exact) mass is 398 g/mol. The number of hydrogen-bond acceptors (Lipinski definition) is 5. The Morgan fingerprint density at radius 3 is 2.28 bits per heavy atom. The van der Waals surface area contributed by atoms with Gasteiger partial charge in [-0.05, 0) is 61.6 Å². The molecule has 0 atom stereocenters. The summed E-state index contributed by atoms with van der Waals surface area (Å²) in [5, 5.41) is 3.02. The highest BCUT2D eigenvalue weighted by atomic mass is 16.5. The molecule has 2 aromatic carbocycles. The van der Waals surface area contributed by atoms with Crippen LogP contribution in [0.5, 0.6) is 17.2 Å². The molecule has 0 radical (unpaired) electrons. The van der Waals surface area contributed by atoms with Crippen LogP contribution in [0.4, 0.5) is 11.4 Å². The Balaban J connectivity index is 1.61. The molecule has 0 spiro atoms. The molecule has 29 heavy (non-hydrogen) atoms. The van der Waals surface area contributed by atoms with Crippen LogP contribution in [-0.4, -0.2) is 40.3 Å². The zero-order valence-corrected chi connectivity index (χ0v) is 17.5. The van der Waals surface area contributed by atoms with Crippen LogP contribution in [0.2, 0.25) is 0 Å². The van der Waals surface area contributed by atoms with Crippen molar-refractivity contribution in [2.24, 2.45) is 0 Å². The van der Waals surface area contributed by atoms with E-state index in [1.165, 1.54) is 24.9 Å². The number of methoxy groups -OCH3 is 3. The molecular weight excluding hydrogens is 368 g/mol. The first-order valence-electron chi connectivity index (χ1n) is 10.1. The summed E-state index contributed by atoms with van der Waals surface area (Å²) >= 11 is 0. The number of carbonyl (C=O) groups is 1. The number of amides is 1. The molecule has 6 nitrogen and oxygen atoms in total. The maximum Gasteiger partial charge on any atom is 0.224 e. The molecule has 0 bridgehead atoms. The van der Waals surface area contributed by atoms with Crippen LogP contribution in [0.25, 0.3) is 0 Å². The summed E-state index contributed by atoms with van der Waals surface area (Å²) in [5.74, 6) is 1.72. The van der Waals surface area contributed by atoms with Gasteiger partial charge in [0.25, 0.3) is 0 Å². The molecule has 1 heterocycles. The van der Waals surface area contributed by atoms with E-state index in [-0.39, 0.29) is 5.91 Å². The average Bonchev–Trinajstić information content (AvgIpc) is 2.77. The van der Waals surface area contributed by atoms with Crippen LogP contribution >= 0.6 is 0 Å². The first kappa shape index (κ1) is 20.8. The second kappa shape index (κ2) is 10.0. The molecule has 1 N–H and O–H groups in total. The minimum absolute atomic E-state index is 0.0189. The third kappa shape index (κ3) is 5.34. The second-order valence-corrected chi connectivity index (χ2v) is 7.18. The van der Waals surface area contributed by atoms with Crippen LogP contribution in [-0.2, 0) is 11.2 Å². The molecule has 1 saturated heterocycles. The zero-order chi connectivity index (χ0) is 20.6. The number of anilines is 2. The molecule has 1 fully saturated rings. The highest BCUT2D eigenvalue weighted by Gasteiger charge is 2.15. The van der Waals surface area contributed by atoms with Crippen molar-refractivity contribution in [1.29, 1.82) is 0 Å². The Hall–Kier alpha value is -2.89. The van der Waals surface area contributed by atoms with Crippen molar-refractivity contribution >= 4 is 17.3 Å². The van der Waals surface area contributed by atoms with Gasteiger partial charge in [0.15, 0.2) is 11.5 Å². The number of nitrogens with zero attached hydrogens (tertiary/aromatic N) is 1. The summed E-state index contributed by atoms with van der Waals surface area (Å²) in [6, 6.07) is 11.9. The van der Waals surface area contributed by atoms with Crippen molar-refractivity contribution in [1.82, 2.24) is 0 Å². The maximum atomic E-state index is 12.5. The van der Waals surface area contributed by atoms with Gasteiger partial charge in [-0.2, -0.15) is 0 Å². The summed E-state index contributed by atoms with van der Waals surface area (Å²) in [6.07, 6.45) is 4.70. The molecule has 1 aliphatic rings. The Kier molecular flexibility index (Phi) is 7.22. The SMILES string of the molecule is COc1cc(CCC(=O)Nc2cccc(N3CCCCC3)c2)cc(OC)c1OC. The molecule has 0 saturated carbocycles. The van der Waals surface area contributed by atoms with Gasteiger partial charge in [0, 0.05) is 30.9 Å². The van der Waals surface area contributed by atoms with Crippen molar-refractivity contribution in [2.45, 2.75) is 32.1 Å². The van der Waals surface area contributed by atoms with E-state index in [9.17, 15) is 4.79 Å². The third-order valence-corrected chi connectivity index (χ3v) is 5.22. The quantitative estimate of drug-likeness (QED) is 0.719. The van der Waals surface area contributed by atoms with Crippen LogP contribution in [0, 0.1) is 0 Å². The summed E-state index contributed by atoms with van der Waals surface area (Å²) in [5.41, 5.74) is 2.96. The summed E-state index contributed by atoms with van der Waals surface area (Å²) in [4.78, 5) is 14.9. The van der Waals surface area contributed by atoms with Crippen molar-refractivity contribution in [3.63, 3.8) is 0 Å². The zero-order valence-electron chi connectivity index (χ0n) is 17.5. The highest BCUT2D eigenvalue weighted by molar-refractivity contribution is 5.91. The lowest BCUT2D eigenvalue weighted by atomic mass is 10.1. The van der Waals surface area contributed by atoms with Gasteiger partial charge in [-0.15, -0.1) is 0 Å². The van der Waals surface area contributed by atoms with Gasteiger partial charge in [-0.25, -0.2) is 0 Å². The molecule has 6 heteroatoms. The molecule has 3 rings (SSSR count). The van der Waals surface area contributed by atoms with E-state index in [0.29, 0.717) is 30.1 Å². The molecule has 2 aromatic rings. The van der Waals surface area contributed by atoms with Crippen molar-refractivity contribution in [3.05, 3.63) is 42.0 Å². The maximum absolute atomic E-state index is 12.5. The Bertz CT molecular complexity index is 806. The normalized spacial score (nSPS) is 13.7. The smallest absolute Gasteiger partial charge is 0.224 e. The molecule has 0 aliphatic carbocycles. The number of benzene rings is 2. The van der Waals surface area contributed by atoms with Gasteiger partial charge in [0.05, 0.1) is 21.3 Å². The fourth-order valence-corrected chi connectivity index (χ4v) is 3.69. The van der Waals surface area contributed by atoms with E-state index < -0.39 is 0 Å². The lowest BCUT2D eigenvalue weighted by Gasteiger charge is -2.29. The fourth-order valence-electron chi connectivity index (χ4n) is 3.69. The minimum Gasteiger partial charge on any atom is -0.493 e. The lowest BCUT2D eigenvalue weighted by Crippen LogP contribution is -2.29. The predicted molar refractivity (Wildman–Crippen MR) is 116 cm³/mol. The van der Waals surface area contributed by atoms with Gasteiger partial charge in [-0.3, -0.25) is 4.79 Å². The number of carbonyl (C=O) groups excluding carboxylic acids is 1. The number of nitrogens with one attached hydrogen (secondary N) is 1. The molecule has 1 aliphatic heterocycles. The van der Waals surface area contributed by atoms with Crippen molar-refractivity contribution < 1.29 is 19.0 Å². The van der Waals surface area contributed by atoms with Crippen molar-refractivity contribution in [3.8, 4) is 17.2 Å². The van der Waals surface area contributed by atoms with Gasteiger partial charge in [0.1, 0.15) is 0 Å². The number of hydrogen-bond donors (Lipinski definition) is 1. The molecule has 156 valence electrons. The van der Waals surface area contributed by atoms with Gasteiger partial charge in [0.2, 0.25) is 11.7 Å². The Morgan fingerprint density at radius 2 is 1.66 bits per heavy atom. The third-order valence-electron chi connectivity index (χ3n) is 5.22. The van der Waals surface area contributed by atoms with Crippen LogP contribution in [0.1, 0.15) is 31.2 Å². The van der Waals surface area contributed by atoms with E-state index in [2.05, 4.69) is 22.3 Å². The van der Waals surface area contributed by atoms with Crippen LogP contribution in [0.3, 0.4) is 0 Å². The largest absolute Gasteiger partial charge is 0.493 e. The first-order chi connectivity index (χ1) is 14.1. The van der Waals surface area contributed by atoms with E-state index in [0.717, 1.165) is 24.3 Å². The molecular formula is C23H30N2O4. The first-order valence-corrected chi connectivity index (χ1v) is 10.1. The van der Waals surface area contributed by atoms with Gasteiger partial charge < -0.3 is 24.4 Å². The number of rotatable bonds is 8. The van der Waals surface area contributed by atoms with E-state index in [4.69, 9.17) is 14.2 Å². The van der Waals surface area contributed by atoms with Gasteiger partial charge >= 0.3 is 0 Å². The standard InChI is InChI=1S/C23H30N2O4/c1-27-20-14-17(15-21(28-2)23(20)29-3)10-11-22(26)24-18-8-7-9-19(16-18)25-12-5-4-6-13-25/h7-9,14-16H,4-6,10-13H2,1-3H3,(H,24,26). The number of piperidine rings is 1. The Morgan fingerprint density at radius 1 is 0.966 bits per heavy atom. The highest BCUT2D eigenvalue weighted by Crippen LogP contribution is 2.38. The van der Waals surface area contributed by atoms with Crippen molar-refractivity contribution in [2.75, 3.05) is 44.6 Å². The number of ether oxygens (including phenoxy) is 3. The summed E-state index contributed by atoms with van der Waals surface area (Å²) in [6.45, 7) is 2.16. The Labute approximate surface area is 172 Å². The van der Waals surface area contributed by atoms with Gasteiger partial charge in [-0.1, -0.05) is 6.07 Å². The predicted octanol–water partition coefficient (Wildman–Crippen LogP) is 4.27. The van der Waals surface area contributed by atoms with Crippen LogP contribution < -0.4 is 24.4 Å². The fraction of sp³-hybridized carbons (Fsp3) is 0.435. The molecule has 0 unspecified atom stereocenters. The van der Waals surface area contributed by atoms with Crippen LogP contribution in [0.15, 0.2) is 36.4 Å². The second-order valence-electron chi connectivity index (χ2n) is 7.18. The summed E-state index contributed by atoms with van der Waals surface area (Å²) in [7, 11) is 4.75. The molecule has 1 amide bonds. The van der Waals surface area contributed by atoms with E-state index in [1.54, 1.807) is 21.3 Å². The molecule has 0 aromatic heterocycles. The topological polar surface area (TPSA) is 60.0 Å². The average molecular weight is 399 g/mol. The van der Waals surface area contributed by atoms with E-state index in [1.807, 2.05) is 24.3 Å². The number of aryl methyl sites for hydroxylation is 1.